The summed E-state index contributed by atoms with van der Waals surface area (Å²) in [6, 6.07) is 7.79. The first-order valence-corrected chi connectivity index (χ1v) is 6.14. The van der Waals surface area contributed by atoms with Crippen molar-refractivity contribution in [3.63, 3.8) is 0 Å². The van der Waals surface area contributed by atoms with Crippen LogP contribution >= 0.6 is 0 Å². The van der Waals surface area contributed by atoms with Crippen LogP contribution < -0.4 is 15.4 Å². The van der Waals surface area contributed by atoms with E-state index < -0.39 is 0 Å². The molecule has 0 spiro atoms. The van der Waals surface area contributed by atoms with E-state index in [-0.39, 0.29) is 0 Å². The molecule has 2 N–H and O–H groups in total. The highest BCUT2D eigenvalue weighted by Crippen LogP contribution is 2.28. The third kappa shape index (κ3) is 3.85. The van der Waals surface area contributed by atoms with Crippen molar-refractivity contribution in [3.8, 4) is 11.8 Å². The molecule has 0 radical (unpaired) electrons. The van der Waals surface area contributed by atoms with E-state index in [4.69, 9.17) is 15.7 Å². The first kappa shape index (κ1) is 14.2. The molecule has 0 unspecified atom stereocenters. The number of hydrogen-bond acceptors (Lipinski definition) is 4. The minimum atomic E-state index is 0.489. The van der Waals surface area contributed by atoms with Gasteiger partial charge in [-0.15, -0.1) is 0 Å². The number of nitrogens with zero attached hydrogens (tertiary/aromatic N) is 2. The Morgan fingerprint density at radius 3 is 2.72 bits per heavy atom. The van der Waals surface area contributed by atoms with Crippen LogP contribution in [0.15, 0.2) is 18.2 Å². The van der Waals surface area contributed by atoms with Crippen molar-refractivity contribution >= 4 is 11.4 Å². The van der Waals surface area contributed by atoms with E-state index in [1.165, 1.54) is 0 Å². The zero-order valence-electron chi connectivity index (χ0n) is 11.3. The molecule has 0 atom stereocenters. The van der Waals surface area contributed by atoms with Gasteiger partial charge in [0.15, 0.2) is 0 Å². The number of anilines is 2. The van der Waals surface area contributed by atoms with Crippen LogP contribution in [0.1, 0.15) is 20.3 Å². The molecule has 4 nitrogen and oxygen atoms in total. The lowest BCUT2D eigenvalue weighted by Gasteiger charge is -2.27. The minimum Gasteiger partial charge on any atom is -0.497 e. The Balaban J connectivity index is 2.99. The summed E-state index contributed by atoms with van der Waals surface area (Å²) in [4.78, 5) is 2.14. The summed E-state index contributed by atoms with van der Waals surface area (Å²) in [6.45, 7) is 5.86. The molecule has 1 aromatic carbocycles. The average Bonchev–Trinajstić information content (AvgIpc) is 2.35. The van der Waals surface area contributed by atoms with Crippen LogP contribution in [0.25, 0.3) is 0 Å². The van der Waals surface area contributed by atoms with Crippen LogP contribution in [0, 0.1) is 17.2 Å². The molecule has 4 heteroatoms. The van der Waals surface area contributed by atoms with Gasteiger partial charge in [0.1, 0.15) is 5.75 Å². The van der Waals surface area contributed by atoms with E-state index >= 15 is 0 Å². The molecule has 1 aromatic rings. The first-order valence-electron chi connectivity index (χ1n) is 6.14. The third-order valence-electron chi connectivity index (χ3n) is 2.66. The minimum absolute atomic E-state index is 0.489. The number of nitriles is 1. The molecule has 0 aromatic heterocycles. The van der Waals surface area contributed by atoms with E-state index in [0.717, 1.165) is 23.7 Å². The first-order chi connectivity index (χ1) is 8.58. The predicted molar refractivity (Wildman–Crippen MR) is 74.7 cm³/mol. The zero-order valence-corrected chi connectivity index (χ0v) is 11.3. The second-order valence-electron chi connectivity index (χ2n) is 4.67. The summed E-state index contributed by atoms with van der Waals surface area (Å²) >= 11 is 0. The molecule has 98 valence electrons. The number of nitrogens with two attached hydrogens (primary N) is 1. The molecule has 18 heavy (non-hydrogen) atoms. The maximum Gasteiger partial charge on any atom is 0.121 e. The fourth-order valence-corrected chi connectivity index (χ4v) is 1.86. The summed E-state index contributed by atoms with van der Waals surface area (Å²) in [6.07, 6.45) is 0.489. The number of hydrogen-bond donors (Lipinski definition) is 1. The SMILES string of the molecule is COc1ccc(N)c(N(CCC#N)CC(C)C)c1. The van der Waals surface area contributed by atoms with Crippen LogP contribution in [-0.4, -0.2) is 20.2 Å². The number of nitrogen functional groups attached to an aromatic ring is 1. The van der Waals surface area contributed by atoms with Gasteiger partial charge in [0.2, 0.25) is 0 Å². The Labute approximate surface area is 109 Å². The molecule has 0 aliphatic carbocycles. The van der Waals surface area contributed by atoms with E-state index in [1.807, 2.05) is 18.2 Å². The Hall–Kier alpha value is -1.89. The number of methoxy groups -OCH3 is 1. The quantitative estimate of drug-likeness (QED) is 0.785. The maximum absolute atomic E-state index is 8.73. The largest absolute Gasteiger partial charge is 0.497 e. The smallest absolute Gasteiger partial charge is 0.121 e. The van der Waals surface area contributed by atoms with Gasteiger partial charge in [-0.05, 0) is 18.1 Å². The molecule has 0 fully saturated rings. The van der Waals surface area contributed by atoms with Gasteiger partial charge in [0.05, 0.1) is 31.0 Å². The van der Waals surface area contributed by atoms with E-state index in [0.29, 0.717) is 18.9 Å². The molecular formula is C14H21N3O. The van der Waals surface area contributed by atoms with Gasteiger partial charge in [-0.25, -0.2) is 0 Å². The summed E-state index contributed by atoms with van der Waals surface area (Å²) in [5.74, 6) is 1.29. The molecule has 0 saturated heterocycles. The van der Waals surface area contributed by atoms with Crippen LogP contribution in [0.4, 0.5) is 11.4 Å². The van der Waals surface area contributed by atoms with Gasteiger partial charge in [0, 0.05) is 19.2 Å². The van der Waals surface area contributed by atoms with Crippen molar-refractivity contribution in [2.75, 3.05) is 30.8 Å². The molecule has 0 saturated carbocycles. The van der Waals surface area contributed by atoms with Gasteiger partial charge >= 0.3 is 0 Å². The highest BCUT2D eigenvalue weighted by molar-refractivity contribution is 5.69. The molecule has 0 aliphatic heterocycles. The Bertz CT molecular complexity index is 424. The Morgan fingerprint density at radius 1 is 1.44 bits per heavy atom. The second-order valence-corrected chi connectivity index (χ2v) is 4.67. The highest BCUT2D eigenvalue weighted by atomic mass is 16.5. The number of benzene rings is 1. The summed E-state index contributed by atoms with van der Waals surface area (Å²) in [5.41, 5.74) is 7.67. The Kier molecular flexibility index (Phi) is 5.31. The molecule has 0 bridgehead atoms. The van der Waals surface area contributed by atoms with Crippen LogP contribution in [-0.2, 0) is 0 Å². The highest BCUT2D eigenvalue weighted by Gasteiger charge is 2.12. The number of ether oxygens (including phenoxy) is 1. The molecule has 0 heterocycles. The fourth-order valence-electron chi connectivity index (χ4n) is 1.86. The summed E-state index contributed by atoms with van der Waals surface area (Å²) in [5, 5.41) is 8.73. The normalized spacial score (nSPS) is 10.2. The summed E-state index contributed by atoms with van der Waals surface area (Å²) in [7, 11) is 1.64. The average molecular weight is 247 g/mol. The van der Waals surface area contributed by atoms with E-state index in [1.54, 1.807) is 7.11 Å². The lowest BCUT2D eigenvalue weighted by Crippen LogP contribution is -2.29. The van der Waals surface area contributed by atoms with Crippen molar-refractivity contribution < 1.29 is 4.74 Å². The van der Waals surface area contributed by atoms with Crippen LogP contribution in [0.3, 0.4) is 0 Å². The third-order valence-corrected chi connectivity index (χ3v) is 2.66. The summed E-state index contributed by atoms with van der Waals surface area (Å²) < 4.78 is 5.22. The monoisotopic (exact) mass is 247 g/mol. The molecule has 0 aliphatic rings. The predicted octanol–water partition coefficient (Wildman–Crippen LogP) is 2.65. The van der Waals surface area contributed by atoms with Crippen molar-refractivity contribution in [3.05, 3.63) is 18.2 Å². The van der Waals surface area contributed by atoms with Gasteiger partial charge in [0.25, 0.3) is 0 Å². The zero-order chi connectivity index (χ0) is 13.5. The standard InChI is InChI=1S/C14H21N3O/c1-11(2)10-17(8-4-7-15)14-9-12(18-3)5-6-13(14)16/h5-6,9,11H,4,8,10,16H2,1-3H3. The van der Waals surface area contributed by atoms with Crippen LogP contribution in [0.2, 0.25) is 0 Å². The molecular weight excluding hydrogens is 226 g/mol. The second kappa shape index (κ2) is 6.75. The van der Waals surface area contributed by atoms with Gasteiger partial charge in [-0.3, -0.25) is 0 Å². The van der Waals surface area contributed by atoms with Crippen molar-refractivity contribution in [1.29, 1.82) is 5.26 Å². The molecule has 1 rings (SSSR count). The van der Waals surface area contributed by atoms with E-state index in [2.05, 4.69) is 24.8 Å². The van der Waals surface area contributed by atoms with E-state index in [9.17, 15) is 0 Å². The molecule has 0 amide bonds. The maximum atomic E-state index is 8.73. The van der Waals surface area contributed by atoms with Crippen LogP contribution in [0.5, 0.6) is 5.75 Å². The van der Waals surface area contributed by atoms with Gasteiger partial charge in [-0.1, -0.05) is 13.8 Å². The van der Waals surface area contributed by atoms with Gasteiger partial charge < -0.3 is 15.4 Å². The van der Waals surface area contributed by atoms with Crippen molar-refractivity contribution in [2.45, 2.75) is 20.3 Å². The number of rotatable bonds is 6. The van der Waals surface area contributed by atoms with Crippen molar-refractivity contribution in [2.24, 2.45) is 5.92 Å². The Morgan fingerprint density at radius 2 is 2.17 bits per heavy atom. The fraction of sp³-hybridized carbons (Fsp3) is 0.500. The topological polar surface area (TPSA) is 62.3 Å². The van der Waals surface area contributed by atoms with Gasteiger partial charge in [-0.2, -0.15) is 5.26 Å². The lowest BCUT2D eigenvalue weighted by atomic mass is 10.1. The lowest BCUT2D eigenvalue weighted by molar-refractivity contribution is 0.414. The van der Waals surface area contributed by atoms with Crippen molar-refractivity contribution in [1.82, 2.24) is 0 Å².